The molecule has 0 aliphatic carbocycles. The van der Waals surface area contributed by atoms with Gasteiger partial charge in [-0.2, -0.15) is 0 Å². The predicted molar refractivity (Wildman–Crippen MR) is 48.5 cm³/mol. The Morgan fingerprint density at radius 2 is 2.36 bits per heavy atom. The summed E-state index contributed by atoms with van der Waals surface area (Å²) in [5.74, 6) is 0.790. The van der Waals surface area contributed by atoms with Crippen LogP contribution >= 0.6 is 11.8 Å². The first-order chi connectivity index (χ1) is 5.31. The Balaban J connectivity index is 3.22. The first-order valence-electron chi connectivity index (χ1n) is 3.67. The molecular formula is C8H14O2S. The first kappa shape index (κ1) is 10.6. The number of ether oxygens (including phenoxy) is 1. The molecule has 0 rings (SSSR count). The smallest absolute Gasteiger partial charge is 0.330 e. The zero-order valence-electron chi connectivity index (χ0n) is 7.00. The molecule has 0 aliphatic rings. The van der Waals surface area contributed by atoms with Gasteiger partial charge in [0.05, 0.1) is 7.11 Å². The van der Waals surface area contributed by atoms with Crippen molar-refractivity contribution in [2.24, 2.45) is 0 Å². The number of carbonyl (C=O) groups is 1. The normalized spacial score (nSPS) is 10.4. The van der Waals surface area contributed by atoms with Crippen LogP contribution in [0.2, 0.25) is 0 Å². The third-order valence-electron chi connectivity index (χ3n) is 1.12. The topological polar surface area (TPSA) is 26.3 Å². The second-order valence-corrected chi connectivity index (χ2v) is 3.06. The molecule has 64 valence electrons. The predicted octanol–water partition coefficient (Wildman–Crippen LogP) is 2.21. The van der Waals surface area contributed by atoms with E-state index in [4.69, 9.17) is 0 Å². The van der Waals surface area contributed by atoms with Crippen LogP contribution in [0, 0.1) is 0 Å². The van der Waals surface area contributed by atoms with Gasteiger partial charge < -0.3 is 4.74 Å². The Hall–Kier alpha value is -0.440. The first-order valence-corrected chi connectivity index (χ1v) is 4.72. The van der Waals surface area contributed by atoms with Crippen molar-refractivity contribution in [1.29, 1.82) is 0 Å². The van der Waals surface area contributed by atoms with Gasteiger partial charge in [-0.15, -0.1) is 11.8 Å². The average Bonchev–Trinajstić information content (AvgIpc) is 2.04. The summed E-state index contributed by atoms with van der Waals surface area (Å²) >= 11 is 1.64. The van der Waals surface area contributed by atoms with Crippen molar-refractivity contribution in [2.75, 3.05) is 12.9 Å². The molecule has 0 aromatic carbocycles. The minimum Gasteiger partial charge on any atom is -0.466 e. The molecule has 11 heavy (non-hydrogen) atoms. The van der Waals surface area contributed by atoms with Crippen LogP contribution < -0.4 is 0 Å². The standard InChI is InChI=1S/C8H14O2S/c1-3-4-6-11-7-5-8(9)10-2/h5,7H,3-4,6H2,1-2H3/b7-5-. The Morgan fingerprint density at radius 1 is 1.64 bits per heavy atom. The summed E-state index contributed by atoms with van der Waals surface area (Å²) in [6.45, 7) is 2.14. The molecule has 0 aliphatic heterocycles. The molecule has 3 heteroatoms. The van der Waals surface area contributed by atoms with E-state index in [1.54, 1.807) is 17.2 Å². The molecule has 0 spiro atoms. The van der Waals surface area contributed by atoms with Gasteiger partial charge in [0.25, 0.3) is 0 Å². The van der Waals surface area contributed by atoms with Crippen molar-refractivity contribution in [3.8, 4) is 0 Å². The monoisotopic (exact) mass is 174 g/mol. The highest BCUT2D eigenvalue weighted by atomic mass is 32.2. The third-order valence-corrected chi connectivity index (χ3v) is 1.97. The van der Waals surface area contributed by atoms with Gasteiger partial charge in [-0.05, 0) is 17.6 Å². The van der Waals surface area contributed by atoms with E-state index in [1.165, 1.54) is 26.0 Å². The second-order valence-electron chi connectivity index (χ2n) is 2.05. The fourth-order valence-corrected chi connectivity index (χ4v) is 1.27. The molecule has 0 unspecified atom stereocenters. The maximum atomic E-state index is 10.5. The minimum absolute atomic E-state index is 0.283. The summed E-state index contributed by atoms with van der Waals surface area (Å²) in [5.41, 5.74) is 0. The van der Waals surface area contributed by atoms with E-state index in [1.807, 2.05) is 0 Å². The van der Waals surface area contributed by atoms with E-state index in [0.29, 0.717) is 0 Å². The van der Waals surface area contributed by atoms with Crippen molar-refractivity contribution in [2.45, 2.75) is 19.8 Å². The van der Waals surface area contributed by atoms with Crippen molar-refractivity contribution in [3.05, 3.63) is 11.5 Å². The molecule has 2 nitrogen and oxygen atoms in total. The number of methoxy groups -OCH3 is 1. The minimum atomic E-state index is -0.283. The molecule has 0 amide bonds. The van der Waals surface area contributed by atoms with Crippen LogP contribution in [0.1, 0.15) is 19.8 Å². The summed E-state index contributed by atoms with van der Waals surface area (Å²) in [6, 6.07) is 0. The summed E-state index contributed by atoms with van der Waals surface area (Å²) in [6.07, 6.45) is 3.83. The maximum Gasteiger partial charge on any atom is 0.330 e. The Bertz CT molecular complexity index is 132. The molecule has 0 aromatic heterocycles. The zero-order chi connectivity index (χ0) is 8.53. The lowest BCUT2D eigenvalue weighted by atomic mass is 10.4. The molecule has 0 bridgehead atoms. The van der Waals surface area contributed by atoms with Crippen LogP contribution in [-0.2, 0) is 9.53 Å². The summed E-state index contributed by atoms with van der Waals surface area (Å²) in [5, 5.41) is 1.78. The fraction of sp³-hybridized carbons (Fsp3) is 0.625. The van der Waals surface area contributed by atoms with Gasteiger partial charge in [0.15, 0.2) is 0 Å². The van der Waals surface area contributed by atoms with Gasteiger partial charge in [0, 0.05) is 6.08 Å². The SMILES string of the molecule is CCCCS/C=C\C(=O)OC. The Kier molecular flexibility index (Phi) is 7.36. The van der Waals surface area contributed by atoms with Gasteiger partial charge in [-0.3, -0.25) is 0 Å². The van der Waals surface area contributed by atoms with Crippen LogP contribution in [0.5, 0.6) is 0 Å². The second kappa shape index (κ2) is 7.66. The van der Waals surface area contributed by atoms with Crippen LogP contribution in [0.4, 0.5) is 0 Å². The van der Waals surface area contributed by atoms with Crippen LogP contribution in [0.25, 0.3) is 0 Å². The fourth-order valence-electron chi connectivity index (χ4n) is 0.467. The number of hydrogen-bond donors (Lipinski definition) is 0. The highest BCUT2D eigenvalue weighted by Crippen LogP contribution is 2.05. The van der Waals surface area contributed by atoms with Crippen molar-refractivity contribution < 1.29 is 9.53 Å². The largest absolute Gasteiger partial charge is 0.466 e. The number of carbonyl (C=O) groups excluding carboxylic acids is 1. The number of hydrogen-bond acceptors (Lipinski definition) is 3. The summed E-state index contributed by atoms with van der Waals surface area (Å²) in [7, 11) is 1.38. The number of thioether (sulfide) groups is 1. The third kappa shape index (κ3) is 7.46. The van der Waals surface area contributed by atoms with Gasteiger partial charge in [0.2, 0.25) is 0 Å². The molecule has 0 heterocycles. The van der Waals surface area contributed by atoms with Crippen LogP contribution in [0.3, 0.4) is 0 Å². The van der Waals surface area contributed by atoms with E-state index in [-0.39, 0.29) is 5.97 Å². The maximum absolute atomic E-state index is 10.5. The Labute approximate surface area is 72.0 Å². The average molecular weight is 174 g/mol. The molecule has 0 aromatic rings. The van der Waals surface area contributed by atoms with Gasteiger partial charge in [-0.25, -0.2) is 4.79 Å². The van der Waals surface area contributed by atoms with Crippen molar-refractivity contribution >= 4 is 17.7 Å². The summed E-state index contributed by atoms with van der Waals surface area (Å²) < 4.78 is 4.42. The van der Waals surface area contributed by atoms with Crippen LogP contribution in [-0.4, -0.2) is 18.8 Å². The van der Waals surface area contributed by atoms with E-state index >= 15 is 0 Å². The van der Waals surface area contributed by atoms with E-state index in [2.05, 4.69) is 11.7 Å². The highest BCUT2D eigenvalue weighted by molar-refractivity contribution is 8.02. The molecule has 0 atom stereocenters. The molecule has 0 radical (unpaired) electrons. The van der Waals surface area contributed by atoms with Crippen molar-refractivity contribution in [3.63, 3.8) is 0 Å². The molecule has 0 saturated heterocycles. The molecular weight excluding hydrogens is 160 g/mol. The molecule has 0 fully saturated rings. The number of rotatable bonds is 5. The molecule has 0 N–H and O–H groups in total. The van der Waals surface area contributed by atoms with E-state index in [0.717, 1.165) is 5.75 Å². The van der Waals surface area contributed by atoms with Gasteiger partial charge >= 0.3 is 5.97 Å². The Morgan fingerprint density at radius 3 is 2.91 bits per heavy atom. The van der Waals surface area contributed by atoms with Crippen LogP contribution in [0.15, 0.2) is 11.5 Å². The highest BCUT2D eigenvalue weighted by Gasteiger charge is 1.88. The zero-order valence-corrected chi connectivity index (χ0v) is 7.82. The number of unbranched alkanes of at least 4 members (excludes halogenated alkanes) is 1. The number of esters is 1. The lowest BCUT2D eigenvalue weighted by Gasteiger charge is -1.91. The van der Waals surface area contributed by atoms with Gasteiger partial charge in [0.1, 0.15) is 0 Å². The van der Waals surface area contributed by atoms with Gasteiger partial charge in [-0.1, -0.05) is 13.3 Å². The van der Waals surface area contributed by atoms with E-state index in [9.17, 15) is 4.79 Å². The molecule has 0 saturated carbocycles. The van der Waals surface area contributed by atoms with Crippen molar-refractivity contribution in [1.82, 2.24) is 0 Å². The lowest BCUT2D eigenvalue weighted by molar-refractivity contribution is -0.134. The quantitative estimate of drug-likeness (QED) is 0.363. The van der Waals surface area contributed by atoms with E-state index < -0.39 is 0 Å². The summed E-state index contributed by atoms with van der Waals surface area (Å²) in [4.78, 5) is 10.5. The lowest BCUT2D eigenvalue weighted by Crippen LogP contribution is -1.92.